The first-order chi connectivity index (χ1) is 12.0. The lowest BCUT2D eigenvalue weighted by Gasteiger charge is -2.38. The molecule has 1 aliphatic heterocycles. The van der Waals surface area contributed by atoms with Gasteiger partial charge in [0.15, 0.2) is 5.96 Å². The predicted octanol–water partition coefficient (Wildman–Crippen LogP) is 3.54. The Kier molecular flexibility index (Phi) is 10.2. The number of hydrogen-bond acceptors (Lipinski definition) is 3. The number of halogens is 2. The van der Waals surface area contributed by atoms with Crippen molar-refractivity contribution in [2.75, 3.05) is 46.4 Å². The minimum Gasteiger partial charge on any atom is -0.380 e. The van der Waals surface area contributed by atoms with Gasteiger partial charge in [0, 0.05) is 30.6 Å². The molecule has 0 aliphatic carbocycles. The third-order valence-corrected chi connectivity index (χ3v) is 5.13. The predicted molar refractivity (Wildman–Crippen MR) is 121 cm³/mol. The van der Waals surface area contributed by atoms with Gasteiger partial charge in [-0.3, -0.25) is 9.89 Å². The summed E-state index contributed by atoms with van der Waals surface area (Å²) < 4.78 is 5.31. The highest BCUT2D eigenvalue weighted by Gasteiger charge is 2.33. The van der Waals surface area contributed by atoms with Gasteiger partial charge in [-0.15, -0.1) is 24.0 Å². The number of guanidine groups is 1. The van der Waals surface area contributed by atoms with Crippen molar-refractivity contribution in [3.63, 3.8) is 0 Å². The molecule has 0 spiro atoms. The van der Waals surface area contributed by atoms with Crippen LogP contribution in [0.15, 0.2) is 29.3 Å². The summed E-state index contributed by atoms with van der Waals surface area (Å²) in [6, 6.07) is 8.28. The highest BCUT2D eigenvalue weighted by Crippen LogP contribution is 2.27. The lowest BCUT2D eigenvalue weighted by molar-refractivity contribution is -0.0971. The van der Waals surface area contributed by atoms with Crippen molar-refractivity contribution in [1.82, 2.24) is 15.5 Å². The van der Waals surface area contributed by atoms with Crippen LogP contribution in [0.1, 0.15) is 32.4 Å². The Morgan fingerprint density at radius 1 is 1.27 bits per heavy atom. The zero-order valence-corrected chi connectivity index (χ0v) is 19.3. The van der Waals surface area contributed by atoms with Crippen molar-refractivity contribution in [1.29, 1.82) is 0 Å². The fraction of sp³-hybridized carbons (Fsp3) is 0.632. The van der Waals surface area contributed by atoms with E-state index < -0.39 is 0 Å². The number of likely N-dealkylation sites (N-methyl/N-ethyl adjacent to an activating group) is 1. The Hall–Kier alpha value is -0.570. The zero-order valence-electron chi connectivity index (χ0n) is 16.2. The molecule has 2 N–H and O–H groups in total. The van der Waals surface area contributed by atoms with Gasteiger partial charge in [0.1, 0.15) is 0 Å². The van der Waals surface area contributed by atoms with Gasteiger partial charge in [-0.05, 0) is 24.7 Å². The molecule has 1 aromatic carbocycles. The molecule has 2 rings (SSSR count). The number of nitrogens with zero attached hydrogens (tertiary/aromatic N) is 2. The van der Waals surface area contributed by atoms with Crippen molar-refractivity contribution in [3.05, 3.63) is 34.9 Å². The molecular formula is C19H32ClIN4O. The zero-order chi connectivity index (χ0) is 18.3. The summed E-state index contributed by atoms with van der Waals surface area (Å²) in [5, 5.41) is 7.69. The van der Waals surface area contributed by atoms with Crippen molar-refractivity contribution in [2.24, 2.45) is 10.4 Å². The van der Waals surface area contributed by atoms with Gasteiger partial charge in [-0.1, -0.05) is 50.6 Å². The molecule has 148 valence electrons. The molecule has 0 bridgehead atoms. The second-order valence-corrected chi connectivity index (χ2v) is 7.28. The van der Waals surface area contributed by atoms with Crippen LogP contribution in [0.4, 0.5) is 0 Å². The van der Waals surface area contributed by atoms with Crippen LogP contribution in [-0.2, 0) is 4.74 Å². The van der Waals surface area contributed by atoms with Gasteiger partial charge in [0.05, 0.1) is 19.3 Å². The van der Waals surface area contributed by atoms with Crippen LogP contribution < -0.4 is 10.6 Å². The van der Waals surface area contributed by atoms with E-state index in [1.807, 2.05) is 18.2 Å². The van der Waals surface area contributed by atoms with E-state index in [1.165, 1.54) is 0 Å². The molecule has 26 heavy (non-hydrogen) atoms. The van der Waals surface area contributed by atoms with Gasteiger partial charge < -0.3 is 15.4 Å². The Labute approximate surface area is 179 Å². The van der Waals surface area contributed by atoms with E-state index in [4.69, 9.17) is 16.3 Å². The van der Waals surface area contributed by atoms with E-state index in [0.717, 1.165) is 55.9 Å². The van der Waals surface area contributed by atoms with E-state index in [-0.39, 0.29) is 35.4 Å². The fourth-order valence-electron chi connectivity index (χ4n) is 3.11. The fourth-order valence-corrected chi connectivity index (χ4v) is 3.37. The molecule has 0 radical (unpaired) electrons. The topological polar surface area (TPSA) is 48.9 Å². The van der Waals surface area contributed by atoms with Gasteiger partial charge in [0.25, 0.3) is 0 Å². The molecule has 1 aliphatic rings. The Balaban J connectivity index is 0.00000338. The average molecular weight is 495 g/mol. The number of hydrogen-bond donors (Lipinski definition) is 2. The molecule has 1 aromatic rings. The first-order valence-corrected chi connectivity index (χ1v) is 9.41. The quantitative estimate of drug-likeness (QED) is 0.330. The maximum absolute atomic E-state index is 6.46. The van der Waals surface area contributed by atoms with Crippen LogP contribution in [0.3, 0.4) is 0 Å². The van der Waals surface area contributed by atoms with Gasteiger partial charge in [-0.2, -0.15) is 0 Å². The largest absolute Gasteiger partial charge is 0.380 e. The lowest BCUT2D eigenvalue weighted by atomic mass is 9.89. The molecule has 7 heteroatoms. The molecule has 0 amide bonds. The Morgan fingerprint density at radius 3 is 2.42 bits per heavy atom. The van der Waals surface area contributed by atoms with Crippen molar-refractivity contribution >= 4 is 41.5 Å². The van der Waals surface area contributed by atoms with Crippen LogP contribution in [0, 0.1) is 5.41 Å². The monoisotopic (exact) mass is 494 g/mol. The Morgan fingerprint density at radius 2 is 1.92 bits per heavy atom. The molecule has 1 saturated heterocycles. The highest BCUT2D eigenvalue weighted by atomic mass is 127. The van der Waals surface area contributed by atoms with Gasteiger partial charge >= 0.3 is 0 Å². The second kappa shape index (κ2) is 11.3. The van der Waals surface area contributed by atoms with E-state index in [2.05, 4.69) is 47.4 Å². The van der Waals surface area contributed by atoms with Crippen molar-refractivity contribution in [2.45, 2.75) is 26.8 Å². The Bertz CT molecular complexity index is 576. The number of ether oxygens (including phenoxy) is 1. The molecule has 0 saturated carbocycles. The standard InChI is InChI=1S/C19H31ClN4O.HI/c1-5-24(6-2)17(15-9-7-8-10-16(15)20)11-22-18(21-4)23-12-19(3)13-25-14-19;/h7-10,17H,5-6,11-14H2,1-4H3,(H2,21,22,23);1H. The number of nitrogens with one attached hydrogen (secondary N) is 2. The van der Waals surface area contributed by atoms with Crippen LogP contribution in [0.5, 0.6) is 0 Å². The third-order valence-electron chi connectivity index (χ3n) is 4.79. The van der Waals surface area contributed by atoms with Crippen LogP contribution in [-0.4, -0.2) is 57.3 Å². The third kappa shape index (κ3) is 6.25. The smallest absolute Gasteiger partial charge is 0.191 e. The lowest BCUT2D eigenvalue weighted by Crippen LogP contribution is -2.51. The molecule has 5 nitrogen and oxygen atoms in total. The first-order valence-electron chi connectivity index (χ1n) is 9.03. The minimum atomic E-state index is 0. The van der Waals surface area contributed by atoms with E-state index in [9.17, 15) is 0 Å². The minimum absolute atomic E-state index is 0. The van der Waals surface area contributed by atoms with Gasteiger partial charge in [0.2, 0.25) is 0 Å². The number of rotatable bonds is 8. The molecule has 1 fully saturated rings. The highest BCUT2D eigenvalue weighted by molar-refractivity contribution is 14.0. The summed E-state index contributed by atoms with van der Waals surface area (Å²) in [5.41, 5.74) is 1.36. The SMILES string of the molecule is CCN(CC)C(CNC(=NC)NCC1(C)COC1)c1ccccc1Cl.I. The van der Waals surface area contributed by atoms with Crippen LogP contribution in [0.25, 0.3) is 0 Å². The second-order valence-electron chi connectivity index (χ2n) is 6.87. The molecule has 0 aromatic heterocycles. The summed E-state index contributed by atoms with van der Waals surface area (Å²) in [7, 11) is 1.80. The van der Waals surface area contributed by atoms with E-state index >= 15 is 0 Å². The van der Waals surface area contributed by atoms with Crippen LogP contribution >= 0.6 is 35.6 Å². The molecule has 1 atom stereocenters. The summed E-state index contributed by atoms with van der Waals surface area (Å²) in [6.07, 6.45) is 0. The van der Waals surface area contributed by atoms with Crippen molar-refractivity contribution < 1.29 is 4.74 Å². The maximum Gasteiger partial charge on any atom is 0.191 e. The molecule has 1 heterocycles. The molecular weight excluding hydrogens is 463 g/mol. The number of benzene rings is 1. The van der Waals surface area contributed by atoms with Crippen LogP contribution in [0.2, 0.25) is 5.02 Å². The van der Waals surface area contributed by atoms with Gasteiger partial charge in [-0.25, -0.2) is 0 Å². The van der Waals surface area contributed by atoms with Crippen molar-refractivity contribution in [3.8, 4) is 0 Å². The number of aliphatic imine (C=N–C) groups is 1. The summed E-state index contributed by atoms with van der Waals surface area (Å²) in [6.45, 7) is 11.7. The normalized spacial score (nSPS) is 17.2. The first kappa shape index (κ1) is 23.5. The maximum atomic E-state index is 6.46. The molecule has 1 unspecified atom stereocenters. The van der Waals surface area contributed by atoms with E-state index in [1.54, 1.807) is 7.05 Å². The summed E-state index contributed by atoms with van der Waals surface area (Å²) in [5.74, 6) is 0.817. The summed E-state index contributed by atoms with van der Waals surface area (Å²) >= 11 is 6.46. The summed E-state index contributed by atoms with van der Waals surface area (Å²) in [4.78, 5) is 6.76. The average Bonchev–Trinajstić information content (AvgIpc) is 2.60. The van der Waals surface area contributed by atoms with E-state index in [0.29, 0.717) is 0 Å².